The van der Waals surface area contributed by atoms with Crippen LogP contribution in [0.5, 0.6) is 0 Å². The summed E-state index contributed by atoms with van der Waals surface area (Å²) < 4.78 is 40.9. The molecule has 2 aliphatic rings. The van der Waals surface area contributed by atoms with E-state index in [0.29, 0.717) is 21.7 Å². The molecule has 0 unspecified atom stereocenters. The summed E-state index contributed by atoms with van der Waals surface area (Å²) in [5.41, 5.74) is 5.61. The lowest BCUT2D eigenvalue weighted by Crippen LogP contribution is -2.39. The fraction of sp³-hybridized carbons (Fsp3) is 0.452. The van der Waals surface area contributed by atoms with Gasteiger partial charge in [0.2, 0.25) is 0 Å². The lowest BCUT2D eigenvalue weighted by Gasteiger charge is -2.33. The van der Waals surface area contributed by atoms with Crippen molar-refractivity contribution in [3.63, 3.8) is 0 Å². The number of piperidine rings is 1. The molecule has 1 saturated heterocycles. The third kappa shape index (κ3) is 5.57. The molecule has 6 rings (SSSR count). The van der Waals surface area contributed by atoms with Crippen molar-refractivity contribution in [2.45, 2.75) is 71.3 Å². The largest absolute Gasteiger partial charge is 0.393 e. The van der Waals surface area contributed by atoms with Crippen molar-refractivity contribution in [2.75, 3.05) is 18.4 Å². The third-order valence-electron chi connectivity index (χ3n) is 8.88. The van der Waals surface area contributed by atoms with Crippen molar-refractivity contribution < 1.29 is 13.2 Å². The second-order valence-electron chi connectivity index (χ2n) is 11.7. The van der Waals surface area contributed by atoms with Gasteiger partial charge in [-0.2, -0.15) is 18.4 Å². The van der Waals surface area contributed by atoms with Crippen LogP contribution in [0.15, 0.2) is 42.7 Å². The molecule has 2 fully saturated rings. The van der Waals surface area contributed by atoms with E-state index >= 15 is 0 Å². The van der Waals surface area contributed by atoms with Crippen LogP contribution in [-0.4, -0.2) is 44.7 Å². The maximum Gasteiger partial charge on any atom is 0.393 e. The monoisotopic (exact) mass is 578 g/mol. The number of hydrogen-bond acceptors (Lipinski definition) is 6. The molecule has 3 aromatic heterocycles. The number of alkyl halides is 3. The number of aryl methyl sites for hydroxylation is 1. The van der Waals surface area contributed by atoms with E-state index in [1.807, 2.05) is 6.07 Å². The Labute approximate surface area is 241 Å². The van der Waals surface area contributed by atoms with Crippen molar-refractivity contribution >= 4 is 38.3 Å². The van der Waals surface area contributed by atoms with Crippen molar-refractivity contribution in [1.82, 2.24) is 19.4 Å². The summed E-state index contributed by atoms with van der Waals surface area (Å²) in [5, 5.41) is 15.1. The van der Waals surface area contributed by atoms with Gasteiger partial charge in [-0.25, -0.2) is 9.97 Å². The number of fused-ring (bicyclic) bond motifs is 2. The highest BCUT2D eigenvalue weighted by molar-refractivity contribution is 7.18. The predicted molar refractivity (Wildman–Crippen MR) is 157 cm³/mol. The number of hydrogen-bond donors (Lipinski definition) is 1. The topological polar surface area (TPSA) is 69.8 Å². The van der Waals surface area contributed by atoms with E-state index in [-0.39, 0.29) is 16.3 Å². The summed E-state index contributed by atoms with van der Waals surface area (Å²) in [4.78, 5) is 11.8. The lowest BCUT2D eigenvalue weighted by atomic mass is 9.98. The number of anilines is 1. The second-order valence-corrected chi connectivity index (χ2v) is 12.8. The molecule has 1 aromatic carbocycles. The van der Waals surface area contributed by atoms with Gasteiger partial charge in [0.1, 0.15) is 28.7 Å². The van der Waals surface area contributed by atoms with Gasteiger partial charge in [-0.1, -0.05) is 18.2 Å². The van der Waals surface area contributed by atoms with Crippen molar-refractivity contribution in [3.8, 4) is 6.07 Å². The van der Waals surface area contributed by atoms with Gasteiger partial charge in [-0.05, 0) is 68.9 Å². The number of nitrogens with one attached hydrogen (secondary N) is 1. The van der Waals surface area contributed by atoms with Crippen LogP contribution in [0.25, 0.3) is 21.1 Å². The van der Waals surface area contributed by atoms with Gasteiger partial charge in [-0.15, -0.1) is 11.3 Å². The summed E-state index contributed by atoms with van der Waals surface area (Å²) in [6.07, 6.45) is 0.292. The zero-order valence-corrected chi connectivity index (χ0v) is 24.1. The van der Waals surface area contributed by atoms with E-state index in [4.69, 9.17) is 0 Å². The standard InChI is InChI=1S/C31H33F3N6S/c1-19(2)30(8-9-30)17-40-23(15-35)12-25-20(3)21(4-5-27(25)40)16-39-10-6-22(7-11-39)38-28-26-13-24(14-31(32,33)34)41-29(26)37-18-36-28/h4-5,12-13,18,22H,1,6-11,14,16-17H2,2-3H3,(H,36,37,38). The molecule has 4 heterocycles. The minimum Gasteiger partial charge on any atom is -0.367 e. The molecule has 1 aliphatic heterocycles. The minimum absolute atomic E-state index is 0.120. The number of nitrogens with zero attached hydrogens (tertiary/aromatic N) is 5. The fourth-order valence-electron chi connectivity index (χ4n) is 6.10. The molecular weight excluding hydrogens is 545 g/mol. The quantitative estimate of drug-likeness (QED) is 0.221. The van der Waals surface area contributed by atoms with E-state index in [2.05, 4.69) is 63.4 Å². The first-order chi connectivity index (χ1) is 19.5. The van der Waals surface area contributed by atoms with Gasteiger partial charge in [0, 0.05) is 53.4 Å². The average molecular weight is 579 g/mol. The summed E-state index contributed by atoms with van der Waals surface area (Å²) in [6.45, 7) is 11.9. The molecule has 214 valence electrons. The number of allylic oxidation sites excluding steroid dienone is 1. The Balaban J connectivity index is 1.12. The Morgan fingerprint density at radius 1 is 1.20 bits per heavy atom. The van der Waals surface area contributed by atoms with Crippen LogP contribution in [0.2, 0.25) is 0 Å². The molecule has 1 N–H and O–H groups in total. The zero-order chi connectivity index (χ0) is 28.9. The van der Waals surface area contributed by atoms with Crippen LogP contribution in [-0.2, 0) is 19.5 Å². The van der Waals surface area contributed by atoms with E-state index in [1.54, 1.807) is 6.07 Å². The fourth-order valence-corrected chi connectivity index (χ4v) is 7.13. The summed E-state index contributed by atoms with van der Waals surface area (Å²) in [6, 6.07) is 10.6. The number of aromatic nitrogens is 3. The third-order valence-corrected chi connectivity index (χ3v) is 9.92. The van der Waals surface area contributed by atoms with Gasteiger partial charge < -0.3 is 9.88 Å². The first-order valence-electron chi connectivity index (χ1n) is 14.0. The first-order valence-corrected chi connectivity index (χ1v) is 14.8. The maximum atomic E-state index is 12.9. The molecule has 0 spiro atoms. The highest BCUT2D eigenvalue weighted by atomic mass is 32.1. The van der Waals surface area contributed by atoms with Gasteiger partial charge in [0.05, 0.1) is 11.8 Å². The number of thiophene rings is 1. The van der Waals surface area contributed by atoms with Gasteiger partial charge in [-0.3, -0.25) is 4.90 Å². The normalized spacial score (nSPS) is 17.7. The molecule has 6 nitrogen and oxygen atoms in total. The first kappa shape index (κ1) is 27.7. The summed E-state index contributed by atoms with van der Waals surface area (Å²) >= 11 is 1.07. The summed E-state index contributed by atoms with van der Waals surface area (Å²) in [5.74, 6) is 0.608. The van der Waals surface area contributed by atoms with Gasteiger partial charge in [0.15, 0.2) is 0 Å². The van der Waals surface area contributed by atoms with Gasteiger partial charge in [0.25, 0.3) is 0 Å². The molecule has 0 atom stereocenters. The van der Waals surface area contributed by atoms with E-state index in [1.165, 1.54) is 23.0 Å². The van der Waals surface area contributed by atoms with Crippen molar-refractivity contribution in [3.05, 3.63) is 64.4 Å². The maximum absolute atomic E-state index is 12.9. The molecule has 0 radical (unpaired) electrons. The molecule has 41 heavy (non-hydrogen) atoms. The van der Waals surface area contributed by atoms with E-state index < -0.39 is 12.6 Å². The Morgan fingerprint density at radius 3 is 2.61 bits per heavy atom. The highest BCUT2D eigenvalue weighted by Gasteiger charge is 2.44. The van der Waals surface area contributed by atoms with Crippen LogP contribution in [0.4, 0.5) is 19.0 Å². The van der Waals surface area contributed by atoms with Crippen molar-refractivity contribution in [1.29, 1.82) is 5.26 Å². The smallest absolute Gasteiger partial charge is 0.367 e. The number of likely N-dealkylation sites (tertiary alicyclic amines) is 1. The number of benzene rings is 1. The second kappa shape index (κ2) is 10.4. The molecule has 0 bridgehead atoms. The van der Waals surface area contributed by atoms with E-state index in [9.17, 15) is 18.4 Å². The molecule has 0 amide bonds. The Kier molecular flexibility index (Phi) is 7.07. The Bertz CT molecular complexity index is 1670. The predicted octanol–water partition coefficient (Wildman–Crippen LogP) is 7.36. The lowest BCUT2D eigenvalue weighted by molar-refractivity contribution is -0.126. The Hall–Kier alpha value is -3.42. The molecule has 4 aromatic rings. The minimum atomic E-state index is -4.25. The van der Waals surface area contributed by atoms with Crippen molar-refractivity contribution in [2.24, 2.45) is 5.41 Å². The number of halogens is 3. The highest BCUT2D eigenvalue weighted by Crippen LogP contribution is 2.53. The van der Waals surface area contributed by atoms with Gasteiger partial charge >= 0.3 is 6.18 Å². The van der Waals surface area contributed by atoms with Crippen LogP contribution >= 0.6 is 11.3 Å². The SMILES string of the molecule is C=C(C)C1(Cn2c(C#N)cc3c(C)c(CN4CCC(Nc5ncnc6sc(CC(F)(F)F)cc56)CC4)ccc32)CC1. The summed E-state index contributed by atoms with van der Waals surface area (Å²) in [7, 11) is 0. The van der Waals surface area contributed by atoms with Crippen LogP contribution in [0.1, 0.15) is 54.3 Å². The molecule has 1 saturated carbocycles. The molecule has 10 heteroatoms. The Morgan fingerprint density at radius 2 is 1.95 bits per heavy atom. The van der Waals surface area contributed by atoms with Crippen LogP contribution < -0.4 is 5.32 Å². The average Bonchev–Trinajstić information content (AvgIpc) is 3.47. The van der Waals surface area contributed by atoms with E-state index in [0.717, 1.165) is 74.1 Å². The number of rotatable bonds is 8. The zero-order valence-electron chi connectivity index (χ0n) is 23.3. The van der Waals surface area contributed by atoms with Crippen LogP contribution in [0, 0.1) is 23.7 Å². The molecule has 1 aliphatic carbocycles. The molecular formula is C31H33F3N6S. The van der Waals surface area contributed by atoms with Crippen LogP contribution in [0.3, 0.4) is 0 Å². The number of nitriles is 1.